The molecule has 17 heavy (non-hydrogen) atoms. The van der Waals surface area contributed by atoms with E-state index >= 15 is 0 Å². The second-order valence-corrected chi connectivity index (χ2v) is 20.5. The summed E-state index contributed by atoms with van der Waals surface area (Å²) >= 11 is -1.88. The van der Waals surface area contributed by atoms with Gasteiger partial charge in [0.2, 0.25) is 0 Å². The van der Waals surface area contributed by atoms with Gasteiger partial charge in [0.15, 0.2) is 0 Å². The number of benzene rings is 1. The first kappa shape index (κ1) is 13.0. The molecule has 2 rings (SSSR count). The normalized spacial score (nSPS) is 15.9. The van der Waals surface area contributed by atoms with Gasteiger partial charge in [0.05, 0.1) is 0 Å². The van der Waals surface area contributed by atoms with E-state index in [1.807, 2.05) is 0 Å². The Hall–Kier alpha value is -0.441. The second-order valence-electron chi connectivity index (χ2n) is 5.84. The van der Waals surface area contributed by atoms with E-state index in [1.54, 1.807) is 10.7 Å². The van der Waals surface area contributed by atoms with Crippen molar-refractivity contribution < 1.29 is 4.74 Å². The molecule has 1 aromatic carbocycles. The van der Waals surface area contributed by atoms with Gasteiger partial charge in [-0.3, -0.25) is 0 Å². The van der Waals surface area contributed by atoms with Crippen molar-refractivity contribution >= 4 is 24.5 Å². The Morgan fingerprint density at radius 2 is 1.88 bits per heavy atom. The van der Waals surface area contributed by atoms with Crippen molar-refractivity contribution in [1.82, 2.24) is 0 Å². The Balaban J connectivity index is 2.41. The first-order chi connectivity index (χ1) is 8.00. The minimum atomic E-state index is -1.88. The maximum atomic E-state index is 5.31. The number of hydrogen-bond donors (Lipinski definition) is 0. The summed E-state index contributed by atoms with van der Waals surface area (Å²) < 4.78 is 7.07. The Labute approximate surface area is 109 Å². The number of hydrogen-bond acceptors (Lipinski definition) is 1. The minimum absolute atomic E-state index is 0.986. The van der Waals surface area contributed by atoms with Gasteiger partial charge in [-0.25, -0.2) is 0 Å². The SMILES string of the molecule is COc1ccc2c(c1)CCC[C]([Sn]([CH3])([CH3])[CH3])=C2. The van der Waals surface area contributed by atoms with E-state index in [4.69, 9.17) is 4.74 Å². The predicted octanol–water partition coefficient (Wildman–Crippen LogP) is 4.29. The van der Waals surface area contributed by atoms with E-state index < -0.39 is 18.4 Å². The summed E-state index contributed by atoms with van der Waals surface area (Å²) in [5.41, 5.74) is 2.87. The van der Waals surface area contributed by atoms with Gasteiger partial charge in [0.1, 0.15) is 0 Å². The monoisotopic (exact) mass is 338 g/mol. The molecule has 0 saturated carbocycles. The fourth-order valence-electron chi connectivity index (χ4n) is 2.39. The molecule has 1 aliphatic rings. The Kier molecular flexibility index (Phi) is 3.86. The third kappa shape index (κ3) is 3.06. The molecule has 0 bridgehead atoms. The Morgan fingerprint density at radius 1 is 1.12 bits per heavy atom. The van der Waals surface area contributed by atoms with Crippen LogP contribution in [-0.2, 0) is 6.42 Å². The molecule has 0 N–H and O–H groups in total. The molecule has 0 saturated heterocycles. The van der Waals surface area contributed by atoms with Crippen molar-refractivity contribution in [1.29, 1.82) is 0 Å². The van der Waals surface area contributed by atoms with Crippen LogP contribution in [0.15, 0.2) is 21.8 Å². The van der Waals surface area contributed by atoms with Gasteiger partial charge in [0, 0.05) is 0 Å². The van der Waals surface area contributed by atoms with E-state index in [0.717, 1.165) is 5.75 Å². The molecule has 0 aliphatic heterocycles. The van der Waals surface area contributed by atoms with Crippen LogP contribution in [0.5, 0.6) is 5.75 Å². The van der Waals surface area contributed by atoms with E-state index in [0.29, 0.717) is 0 Å². The van der Waals surface area contributed by atoms with Crippen LogP contribution in [0, 0.1) is 0 Å². The third-order valence-corrected chi connectivity index (χ3v) is 10.2. The van der Waals surface area contributed by atoms with Crippen molar-refractivity contribution in [3.63, 3.8) is 0 Å². The molecule has 1 aliphatic carbocycles. The van der Waals surface area contributed by atoms with E-state index in [1.165, 1.54) is 30.4 Å². The molecule has 0 spiro atoms. The van der Waals surface area contributed by atoms with Gasteiger partial charge in [0.25, 0.3) is 0 Å². The predicted molar refractivity (Wildman–Crippen MR) is 77.3 cm³/mol. The van der Waals surface area contributed by atoms with E-state index in [2.05, 4.69) is 39.1 Å². The van der Waals surface area contributed by atoms with Crippen molar-refractivity contribution in [2.75, 3.05) is 7.11 Å². The molecule has 1 nitrogen and oxygen atoms in total. The third-order valence-electron chi connectivity index (χ3n) is 3.54. The summed E-state index contributed by atoms with van der Waals surface area (Å²) in [6, 6.07) is 6.50. The van der Waals surface area contributed by atoms with Crippen molar-refractivity contribution in [2.45, 2.75) is 34.1 Å². The Morgan fingerprint density at radius 3 is 2.53 bits per heavy atom. The van der Waals surface area contributed by atoms with Crippen molar-refractivity contribution in [3.05, 3.63) is 32.9 Å². The fraction of sp³-hybridized carbons (Fsp3) is 0.467. The number of fused-ring (bicyclic) bond motifs is 1. The topological polar surface area (TPSA) is 9.23 Å². The molecule has 0 unspecified atom stereocenters. The van der Waals surface area contributed by atoms with Crippen LogP contribution >= 0.6 is 0 Å². The first-order valence-corrected chi connectivity index (χ1v) is 16.4. The standard InChI is InChI=1S/C12H13O.3CH3.Sn/c1-13-12-8-7-10-5-3-2-4-6-11(10)9-12;;;;/h5,7-9H,2,4,6H2,1H3;3*1H3;. The summed E-state index contributed by atoms with van der Waals surface area (Å²) in [5, 5.41) is 0. The van der Waals surface area contributed by atoms with Gasteiger partial charge < -0.3 is 0 Å². The number of allylic oxidation sites excluding steroid dienone is 1. The van der Waals surface area contributed by atoms with Crippen LogP contribution in [0.3, 0.4) is 0 Å². The number of aryl methyl sites for hydroxylation is 1. The molecule has 0 fully saturated rings. The van der Waals surface area contributed by atoms with Crippen LogP contribution in [0.2, 0.25) is 14.8 Å². The Bertz CT molecular complexity index is 441. The summed E-state index contributed by atoms with van der Waals surface area (Å²) in [6.45, 7) is 0. The maximum absolute atomic E-state index is 5.31. The average molecular weight is 337 g/mol. The molecule has 2 heteroatoms. The molecule has 92 valence electrons. The fourth-order valence-corrected chi connectivity index (χ4v) is 6.71. The van der Waals surface area contributed by atoms with E-state index in [-0.39, 0.29) is 0 Å². The zero-order chi connectivity index (χ0) is 12.5. The molecule has 0 radical (unpaired) electrons. The summed E-state index contributed by atoms with van der Waals surface area (Å²) in [7, 11) is 1.74. The van der Waals surface area contributed by atoms with Crippen LogP contribution in [0.4, 0.5) is 0 Å². The van der Waals surface area contributed by atoms with E-state index in [9.17, 15) is 0 Å². The van der Waals surface area contributed by atoms with Gasteiger partial charge in [-0.05, 0) is 0 Å². The second kappa shape index (κ2) is 5.05. The van der Waals surface area contributed by atoms with Gasteiger partial charge in [-0.2, -0.15) is 0 Å². The van der Waals surface area contributed by atoms with Crippen molar-refractivity contribution in [2.24, 2.45) is 0 Å². The van der Waals surface area contributed by atoms with Gasteiger partial charge in [-0.15, -0.1) is 0 Å². The van der Waals surface area contributed by atoms with Gasteiger partial charge in [-0.1, -0.05) is 0 Å². The molecule has 0 heterocycles. The molecule has 1 aromatic rings. The zero-order valence-electron chi connectivity index (χ0n) is 11.3. The van der Waals surface area contributed by atoms with Gasteiger partial charge >= 0.3 is 109 Å². The average Bonchev–Trinajstić information content (AvgIpc) is 2.49. The number of ether oxygens (including phenoxy) is 1. The molecular weight excluding hydrogens is 315 g/mol. The summed E-state index contributed by atoms with van der Waals surface area (Å²) in [6.07, 6.45) is 6.25. The quantitative estimate of drug-likeness (QED) is 0.732. The molecule has 0 amide bonds. The van der Waals surface area contributed by atoms with Crippen molar-refractivity contribution in [3.8, 4) is 5.75 Å². The van der Waals surface area contributed by atoms with Crippen LogP contribution < -0.4 is 4.74 Å². The number of rotatable bonds is 2. The zero-order valence-corrected chi connectivity index (χ0v) is 14.2. The summed E-state index contributed by atoms with van der Waals surface area (Å²) in [4.78, 5) is 7.53. The molecule has 0 atom stereocenters. The number of methoxy groups -OCH3 is 1. The first-order valence-electron chi connectivity index (χ1n) is 6.38. The summed E-state index contributed by atoms with van der Waals surface area (Å²) in [5.74, 6) is 0.986. The van der Waals surface area contributed by atoms with Crippen LogP contribution in [0.1, 0.15) is 24.0 Å². The molecule has 0 aromatic heterocycles. The van der Waals surface area contributed by atoms with Crippen LogP contribution in [0.25, 0.3) is 6.08 Å². The molecular formula is C15H22OSn. The van der Waals surface area contributed by atoms with Crippen LogP contribution in [-0.4, -0.2) is 25.5 Å².